The average molecular weight is 309 g/mol. The van der Waals surface area contributed by atoms with Gasteiger partial charge in [-0.15, -0.1) is 10.3 Å². The summed E-state index contributed by atoms with van der Waals surface area (Å²) in [6, 6.07) is 20.3. The molecule has 1 fully saturated rings. The van der Waals surface area contributed by atoms with Crippen molar-refractivity contribution >= 4 is 0 Å². The largest absolute Gasteiger partial charge is 0.279 e. The first-order valence-electron chi connectivity index (χ1n) is 8.10. The molecule has 2 aromatic rings. The van der Waals surface area contributed by atoms with Crippen LogP contribution in [0.1, 0.15) is 38.8 Å². The van der Waals surface area contributed by atoms with Crippen molar-refractivity contribution in [2.75, 3.05) is 7.05 Å². The fourth-order valence-corrected chi connectivity index (χ4v) is 4.19. The molecule has 121 valence electrons. The standard InChI is InChI=1S/C20H25N2O/c1-18(2)20(16-12-8-6-9-13-16,17-14-10-7-11-15-17)22(23)19(3,4)21(18)5/h6-15H,1-5H3. The van der Waals surface area contributed by atoms with E-state index in [0.717, 1.165) is 11.1 Å². The molecule has 3 heteroatoms. The number of hydrogen-bond acceptors (Lipinski definition) is 2. The topological polar surface area (TPSA) is 26.4 Å². The molecule has 2 aromatic carbocycles. The highest BCUT2D eigenvalue weighted by atomic mass is 16.5. The van der Waals surface area contributed by atoms with E-state index in [4.69, 9.17) is 0 Å². The van der Waals surface area contributed by atoms with Crippen LogP contribution in [0.3, 0.4) is 0 Å². The number of hydroxylamine groups is 2. The first-order valence-corrected chi connectivity index (χ1v) is 8.10. The van der Waals surface area contributed by atoms with Crippen LogP contribution in [-0.4, -0.2) is 28.2 Å². The third kappa shape index (κ3) is 1.94. The molecule has 1 heterocycles. The summed E-state index contributed by atoms with van der Waals surface area (Å²) >= 11 is 0. The molecule has 0 saturated carbocycles. The van der Waals surface area contributed by atoms with E-state index in [0.29, 0.717) is 0 Å². The van der Waals surface area contributed by atoms with Crippen molar-refractivity contribution in [3.63, 3.8) is 0 Å². The van der Waals surface area contributed by atoms with Crippen LogP contribution in [0, 0.1) is 0 Å². The van der Waals surface area contributed by atoms with Gasteiger partial charge in [0.15, 0.2) is 0 Å². The first kappa shape index (κ1) is 16.2. The van der Waals surface area contributed by atoms with Gasteiger partial charge in [-0.3, -0.25) is 4.90 Å². The highest BCUT2D eigenvalue weighted by Gasteiger charge is 2.67. The van der Waals surface area contributed by atoms with Crippen molar-refractivity contribution < 1.29 is 5.21 Å². The van der Waals surface area contributed by atoms with Crippen LogP contribution in [-0.2, 0) is 10.7 Å². The van der Waals surface area contributed by atoms with Gasteiger partial charge in [-0.25, -0.2) is 0 Å². The Bertz CT molecular complexity index is 640. The number of hydrogen-bond donors (Lipinski definition) is 0. The monoisotopic (exact) mass is 309 g/mol. The molecular formula is C20H25N2O. The fourth-order valence-electron chi connectivity index (χ4n) is 4.19. The Hall–Kier alpha value is -1.68. The SMILES string of the molecule is CN1C(C)(C)N([O])C(c2ccccc2)(c2ccccc2)C1(C)C. The lowest BCUT2D eigenvalue weighted by molar-refractivity contribution is -0.260. The van der Waals surface area contributed by atoms with Gasteiger partial charge in [0.25, 0.3) is 0 Å². The summed E-state index contributed by atoms with van der Waals surface area (Å²) in [5, 5.41) is 14.9. The molecule has 0 aliphatic carbocycles. The first-order chi connectivity index (χ1) is 10.8. The van der Waals surface area contributed by atoms with E-state index in [-0.39, 0.29) is 5.54 Å². The summed E-state index contributed by atoms with van der Waals surface area (Å²) in [6.45, 7) is 8.31. The van der Waals surface area contributed by atoms with E-state index >= 15 is 0 Å². The maximum atomic E-state index is 13.7. The molecule has 1 radical (unpaired) electrons. The maximum absolute atomic E-state index is 13.7. The van der Waals surface area contributed by atoms with Crippen LogP contribution in [0.4, 0.5) is 0 Å². The maximum Gasteiger partial charge on any atom is 0.119 e. The van der Waals surface area contributed by atoms with Gasteiger partial charge in [-0.05, 0) is 45.9 Å². The zero-order valence-electron chi connectivity index (χ0n) is 14.6. The molecule has 3 rings (SSSR count). The molecule has 0 spiro atoms. The zero-order chi connectivity index (χ0) is 16.9. The van der Waals surface area contributed by atoms with Crippen molar-refractivity contribution in [3.05, 3.63) is 71.8 Å². The summed E-state index contributed by atoms with van der Waals surface area (Å²) in [6.07, 6.45) is 0. The second-order valence-electron chi connectivity index (χ2n) is 7.35. The number of likely N-dealkylation sites (N-methyl/N-ethyl adjacent to an activating group) is 1. The van der Waals surface area contributed by atoms with Crippen LogP contribution < -0.4 is 0 Å². The Morgan fingerprint density at radius 3 is 1.43 bits per heavy atom. The Balaban J connectivity index is 2.38. The van der Waals surface area contributed by atoms with Crippen molar-refractivity contribution in [2.24, 2.45) is 0 Å². The van der Waals surface area contributed by atoms with Crippen LogP contribution in [0.25, 0.3) is 0 Å². The van der Waals surface area contributed by atoms with Gasteiger partial charge in [0.2, 0.25) is 0 Å². The van der Waals surface area contributed by atoms with E-state index in [9.17, 15) is 5.21 Å². The third-order valence-corrected chi connectivity index (χ3v) is 5.73. The summed E-state index contributed by atoms with van der Waals surface area (Å²) in [7, 11) is 2.04. The summed E-state index contributed by atoms with van der Waals surface area (Å²) in [5.74, 6) is 0. The van der Waals surface area contributed by atoms with Crippen molar-refractivity contribution in [2.45, 2.75) is 44.4 Å². The Morgan fingerprint density at radius 1 is 0.739 bits per heavy atom. The van der Waals surface area contributed by atoms with E-state index in [2.05, 4.69) is 43.0 Å². The molecule has 0 bridgehead atoms. The molecule has 1 aliphatic rings. The van der Waals surface area contributed by atoms with Crippen molar-refractivity contribution in [1.82, 2.24) is 9.96 Å². The van der Waals surface area contributed by atoms with Crippen LogP contribution in [0.2, 0.25) is 0 Å². The van der Waals surface area contributed by atoms with Crippen LogP contribution in [0.15, 0.2) is 60.7 Å². The van der Waals surface area contributed by atoms with Gasteiger partial charge in [0.1, 0.15) is 5.54 Å². The van der Waals surface area contributed by atoms with E-state index in [1.807, 2.05) is 57.3 Å². The normalized spacial score (nSPS) is 23.0. The number of nitrogens with zero attached hydrogens (tertiary/aromatic N) is 2. The molecule has 3 nitrogen and oxygen atoms in total. The number of benzene rings is 2. The number of rotatable bonds is 2. The van der Waals surface area contributed by atoms with Crippen molar-refractivity contribution in [3.8, 4) is 0 Å². The molecule has 0 atom stereocenters. The van der Waals surface area contributed by atoms with E-state index in [1.54, 1.807) is 0 Å². The van der Waals surface area contributed by atoms with Crippen LogP contribution >= 0.6 is 0 Å². The quantitative estimate of drug-likeness (QED) is 0.837. The van der Waals surface area contributed by atoms with E-state index < -0.39 is 11.2 Å². The third-order valence-electron chi connectivity index (χ3n) is 5.73. The predicted molar refractivity (Wildman–Crippen MR) is 92.1 cm³/mol. The van der Waals surface area contributed by atoms with Gasteiger partial charge in [-0.2, -0.15) is 0 Å². The lowest BCUT2D eigenvalue weighted by atomic mass is 9.70. The molecular weight excluding hydrogens is 284 g/mol. The highest BCUT2D eigenvalue weighted by molar-refractivity contribution is 5.45. The molecule has 1 aliphatic heterocycles. The van der Waals surface area contributed by atoms with Gasteiger partial charge in [-0.1, -0.05) is 60.7 Å². The smallest absolute Gasteiger partial charge is 0.119 e. The highest BCUT2D eigenvalue weighted by Crippen LogP contribution is 2.56. The average Bonchev–Trinajstić information content (AvgIpc) is 2.66. The second kappa shape index (κ2) is 5.17. The van der Waals surface area contributed by atoms with E-state index in [1.165, 1.54) is 5.06 Å². The molecule has 1 saturated heterocycles. The van der Waals surface area contributed by atoms with Gasteiger partial charge >= 0.3 is 0 Å². The molecule has 0 amide bonds. The summed E-state index contributed by atoms with van der Waals surface area (Å²) in [4.78, 5) is 2.19. The molecule has 0 N–H and O–H groups in total. The van der Waals surface area contributed by atoms with Crippen molar-refractivity contribution in [1.29, 1.82) is 0 Å². The van der Waals surface area contributed by atoms with Gasteiger partial charge in [0.05, 0.1) is 5.66 Å². The predicted octanol–water partition coefficient (Wildman–Crippen LogP) is 4.04. The summed E-state index contributed by atoms with van der Waals surface area (Å²) < 4.78 is 0. The minimum absolute atomic E-state index is 0.374. The molecule has 0 aromatic heterocycles. The second-order valence-corrected chi connectivity index (χ2v) is 7.35. The lowest BCUT2D eigenvalue weighted by Gasteiger charge is -2.45. The Kier molecular flexibility index (Phi) is 3.64. The Morgan fingerprint density at radius 2 is 1.13 bits per heavy atom. The van der Waals surface area contributed by atoms with Crippen LogP contribution in [0.5, 0.6) is 0 Å². The zero-order valence-corrected chi connectivity index (χ0v) is 14.6. The van der Waals surface area contributed by atoms with Gasteiger partial charge < -0.3 is 0 Å². The molecule has 0 unspecified atom stereocenters. The minimum Gasteiger partial charge on any atom is -0.279 e. The summed E-state index contributed by atoms with van der Waals surface area (Å²) in [5.41, 5.74) is 0.330. The Labute approximate surface area is 139 Å². The minimum atomic E-state index is -0.756. The lowest BCUT2D eigenvalue weighted by Crippen LogP contribution is -2.55. The molecule has 23 heavy (non-hydrogen) atoms. The fraction of sp³-hybridized carbons (Fsp3) is 0.400. The van der Waals surface area contributed by atoms with Gasteiger partial charge in [0, 0.05) is 5.54 Å².